The molecule has 3 amide bonds. The molecule has 3 atom stereocenters. The van der Waals surface area contributed by atoms with Gasteiger partial charge in [-0.2, -0.15) is 0 Å². The zero-order chi connectivity index (χ0) is 25.7. The lowest BCUT2D eigenvalue weighted by atomic mass is 10.0. The van der Waals surface area contributed by atoms with Crippen LogP contribution in [0.2, 0.25) is 0 Å². The maximum Gasteiger partial charge on any atom is 0.257 e. The normalized spacial score (nSPS) is 21.3. The molecule has 0 saturated heterocycles. The molecule has 0 radical (unpaired) electrons. The number of hydrogen-bond donors (Lipinski definition) is 1. The van der Waals surface area contributed by atoms with Gasteiger partial charge in [-0.3, -0.25) is 14.4 Å². The molecule has 0 fully saturated rings. The van der Waals surface area contributed by atoms with Crippen LogP contribution in [0.4, 0.5) is 10.1 Å². The first-order valence-corrected chi connectivity index (χ1v) is 11.5. The molecule has 0 bridgehead atoms. The van der Waals surface area contributed by atoms with Crippen LogP contribution < -0.4 is 10.1 Å². The third-order valence-corrected chi connectivity index (χ3v) is 6.20. The van der Waals surface area contributed by atoms with E-state index >= 15 is 0 Å². The van der Waals surface area contributed by atoms with Crippen molar-refractivity contribution in [3.63, 3.8) is 0 Å². The molecule has 0 unspecified atom stereocenters. The molecule has 0 aliphatic carbocycles. The van der Waals surface area contributed by atoms with Crippen molar-refractivity contribution in [3.05, 3.63) is 59.4 Å². The van der Waals surface area contributed by atoms with E-state index in [0.717, 1.165) is 6.07 Å². The molecule has 1 aliphatic rings. The first-order valence-electron chi connectivity index (χ1n) is 11.5. The molecule has 1 aliphatic heterocycles. The second-order valence-electron chi connectivity index (χ2n) is 8.94. The van der Waals surface area contributed by atoms with E-state index in [-0.39, 0.29) is 47.8 Å². The summed E-state index contributed by atoms with van der Waals surface area (Å²) in [6.45, 7) is 6.31. The molecule has 9 heteroatoms. The van der Waals surface area contributed by atoms with Crippen molar-refractivity contribution in [1.29, 1.82) is 0 Å². The molecule has 35 heavy (non-hydrogen) atoms. The van der Waals surface area contributed by atoms with Crippen molar-refractivity contribution in [2.75, 3.05) is 39.2 Å². The van der Waals surface area contributed by atoms with Crippen molar-refractivity contribution in [2.24, 2.45) is 5.92 Å². The smallest absolute Gasteiger partial charge is 0.257 e. The summed E-state index contributed by atoms with van der Waals surface area (Å²) >= 11 is 0. The van der Waals surface area contributed by atoms with E-state index in [9.17, 15) is 18.8 Å². The summed E-state index contributed by atoms with van der Waals surface area (Å²) in [4.78, 5) is 41.5. The number of nitrogens with one attached hydrogen (secondary N) is 1. The van der Waals surface area contributed by atoms with Crippen LogP contribution in [0.25, 0.3) is 0 Å². The number of rotatable bonds is 3. The van der Waals surface area contributed by atoms with Gasteiger partial charge in [0.15, 0.2) is 0 Å². The number of anilines is 1. The average molecular weight is 486 g/mol. The topological polar surface area (TPSA) is 88.2 Å². The summed E-state index contributed by atoms with van der Waals surface area (Å²) < 4.78 is 25.2. The van der Waals surface area contributed by atoms with E-state index in [0.29, 0.717) is 24.3 Å². The van der Waals surface area contributed by atoms with Gasteiger partial charge in [0.05, 0.1) is 17.7 Å². The molecular formula is C26H32FN3O5. The van der Waals surface area contributed by atoms with Crippen molar-refractivity contribution in [2.45, 2.75) is 32.9 Å². The lowest BCUT2D eigenvalue weighted by Crippen LogP contribution is -2.48. The highest BCUT2D eigenvalue weighted by molar-refractivity contribution is 6.05. The molecule has 0 aromatic heterocycles. The zero-order valence-electron chi connectivity index (χ0n) is 20.7. The fourth-order valence-electron chi connectivity index (χ4n) is 4.12. The van der Waals surface area contributed by atoms with Crippen LogP contribution in [0, 0.1) is 11.7 Å². The van der Waals surface area contributed by atoms with Gasteiger partial charge in [0.1, 0.15) is 18.2 Å². The predicted molar refractivity (Wildman–Crippen MR) is 130 cm³/mol. The number of ether oxygens (including phenoxy) is 2. The number of fused-ring (bicyclic) bond motifs is 1. The van der Waals surface area contributed by atoms with Crippen LogP contribution in [-0.2, 0) is 9.53 Å². The Bertz CT molecular complexity index is 1090. The Morgan fingerprint density at radius 2 is 1.89 bits per heavy atom. The molecule has 2 aromatic carbocycles. The first-order chi connectivity index (χ1) is 16.6. The van der Waals surface area contributed by atoms with E-state index in [1.54, 1.807) is 42.2 Å². The highest BCUT2D eigenvalue weighted by Crippen LogP contribution is 2.27. The largest absolute Gasteiger partial charge is 0.491 e. The first kappa shape index (κ1) is 26.2. The van der Waals surface area contributed by atoms with Crippen LogP contribution in [0.15, 0.2) is 42.5 Å². The Morgan fingerprint density at radius 1 is 1.14 bits per heavy atom. The monoisotopic (exact) mass is 485 g/mol. The van der Waals surface area contributed by atoms with Crippen molar-refractivity contribution >= 4 is 23.4 Å². The Balaban J connectivity index is 1.94. The number of hydrogen-bond acceptors (Lipinski definition) is 5. The van der Waals surface area contributed by atoms with Crippen LogP contribution >= 0.6 is 0 Å². The number of amides is 3. The Morgan fingerprint density at radius 3 is 2.54 bits per heavy atom. The average Bonchev–Trinajstić information content (AvgIpc) is 2.82. The van der Waals surface area contributed by atoms with E-state index in [4.69, 9.17) is 9.47 Å². The van der Waals surface area contributed by atoms with E-state index in [1.165, 1.54) is 25.1 Å². The van der Waals surface area contributed by atoms with Gasteiger partial charge in [-0.05, 0) is 37.3 Å². The SMILES string of the molecule is CO[C@H]1CN(C)C(=O)c2ccc(NC(=O)c3cccc(F)c3)cc2OC[C@H](C)N(C(C)=O)C[C@H]1C. The van der Waals surface area contributed by atoms with Gasteiger partial charge >= 0.3 is 0 Å². The number of halogens is 1. The highest BCUT2D eigenvalue weighted by atomic mass is 19.1. The molecule has 188 valence electrons. The van der Waals surface area contributed by atoms with Crippen LogP contribution in [0.1, 0.15) is 41.5 Å². The third-order valence-electron chi connectivity index (χ3n) is 6.20. The number of benzene rings is 2. The Labute approximate surface area is 205 Å². The molecule has 0 saturated carbocycles. The third kappa shape index (κ3) is 6.36. The Kier molecular flexibility index (Phi) is 8.45. The minimum atomic E-state index is -0.514. The van der Waals surface area contributed by atoms with E-state index in [1.807, 2.05) is 13.8 Å². The van der Waals surface area contributed by atoms with Gasteiger partial charge in [0.25, 0.3) is 11.8 Å². The van der Waals surface area contributed by atoms with Gasteiger partial charge in [-0.25, -0.2) is 4.39 Å². The summed E-state index contributed by atoms with van der Waals surface area (Å²) in [6.07, 6.45) is -0.272. The van der Waals surface area contributed by atoms with Gasteiger partial charge in [0.2, 0.25) is 5.91 Å². The summed E-state index contributed by atoms with van der Waals surface area (Å²) in [5, 5.41) is 2.71. The molecule has 2 aromatic rings. The number of likely N-dealkylation sites (N-methyl/N-ethyl adjacent to an activating group) is 1. The second kappa shape index (κ2) is 11.3. The second-order valence-corrected chi connectivity index (χ2v) is 8.94. The maximum atomic E-state index is 13.5. The molecular weight excluding hydrogens is 453 g/mol. The minimum absolute atomic E-state index is 0.0130. The van der Waals surface area contributed by atoms with Crippen molar-refractivity contribution in [3.8, 4) is 5.75 Å². The van der Waals surface area contributed by atoms with E-state index in [2.05, 4.69) is 5.32 Å². The number of carbonyl (C=O) groups is 3. The predicted octanol–water partition coefficient (Wildman–Crippen LogP) is 3.43. The van der Waals surface area contributed by atoms with Crippen LogP contribution in [0.5, 0.6) is 5.75 Å². The lowest BCUT2D eigenvalue weighted by molar-refractivity contribution is -0.133. The van der Waals surface area contributed by atoms with Crippen molar-refractivity contribution in [1.82, 2.24) is 9.80 Å². The van der Waals surface area contributed by atoms with E-state index < -0.39 is 11.7 Å². The quantitative estimate of drug-likeness (QED) is 0.720. The van der Waals surface area contributed by atoms with Gasteiger partial charge in [0, 0.05) is 57.4 Å². The van der Waals surface area contributed by atoms with Crippen molar-refractivity contribution < 1.29 is 28.2 Å². The molecule has 8 nitrogen and oxygen atoms in total. The van der Waals surface area contributed by atoms with Gasteiger partial charge in [-0.1, -0.05) is 13.0 Å². The summed E-state index contributed by atoms with van der Waals surface area (Å²) in [6, 6.07) is 9.84. The standard InChI is InChI=1S/C26H32FN3O5/c1-16-13-30(18(3)31)17(2)15-35-23-12-21(28-25(32)19-7-6-8-20(27)11-19)9-10-22(23)26(33)29(4)14-24(16)34-5/h6-12,16-17,24H,13-15H2,1-5H3,(H,28,32)/t16-,17+,24+/m1/s1. The number of carbonyl (C=O) groups excluding carboxylic acids is 3. The summed E-state index contributed by atoms with van der Waals surface area (Å²) in [5.74, 6) is -1.08. The number of methoxy groups -OCH3 is 1. The molecule has 1 heterocycles. The maximum absolute atomic E-state index is 13.5. The van der Waals surface area contributed by atoms with Gasteiger partial charge < -0.3 is 24.6 Å². The molecule has 3 rings (SSSR count). The van der Waals surface area contributed by atoms with Crippen LogP contribution in [0.3, 0.4) is 0 Å². The fourth-order valence-corrected chi connectivity index (χ4v) is 4.12. The number of nitrogens with zero attached hydrogens (tertiary/aromatic N) is 2. The summed E-state index contributed by atoms with van der Waals surface area (Å²) in [5.41, 5.74) is 0.876. The fraction of sp³-hybridized carbons (Fsp3) is 0.423. The minimum Gasteiger partial charge on any atom is -0.491 e. The lowest BCUT2D eigenvalue weighted by Gasteiger charge is -2.35. The highest BCUT2D eigenvalue weighted by Gasteiger charge is 2.29. The molecule has 0 spiro atoms. The van der Waals surface area contributed by atoms with Gasteiger partial charge in [-0.15, -0.1) is 0 Å². The van der Waals surface area contributed by atoms with Crippen LogP contribution in [-0.4, -0.2) is 73.5 Å². The molecule has 1 N–H and O–H groups in total. The summed E-state index contributed by atoms with van der Waals surface area (Å²) in [7, 11) is 3.28. The zero-order valence-corrected chi connectivity index (χ0v) is 20.7. The Hall–Kier alpha value is -3.46.